The Morgan fingerprint density at radius 3 is 2.67 bits per heavy atom. The first-order valence-electron chi connectivity index (χ1n) is 2.40. The predicted octanol–water partition coefficient (Wildman–Crippen LogP) is -1.44. The Labute approximate surface area is 51.2 Å². The molecule has 2 N–H and O–H groups in total. The average molecular weight is 127 g/mol. The van der Waals surface area contributed by atoms with E-state index >= 15 is 0 Å². The maximum absolute atomic E-state index is 10.4. The van der Waals surface area contributed by atoms with E-state index in [2.05, 4.69) is 5.32 Å². The highest BCUT2D eigenvalue weighted by atomic mass is 16.3. The summed E-state index contributed by atoms with van der Waals surface area (Å²) in [5.74, 6) is -1.23. The van der Waals surface area contributed by atoms with Gasteiger partial charge in [-0.3, -0.25) is 9.59 Å². The fourth-order valence-electron chi connectivity index (χ4n) is 0.505. The minimum absolute atomic E-state index is 0.571. The zero-order chi connectivity index (χ0) is 6.85. The maximum atomic E-state index is 10.4. The highest BCUT2D eigenvalue weighted by Gasteiger charge is 2.23. The molecule has 1 aliphatic rings. The van der Waals surface area contributed by atoms with Crippen molar-refractivity contribution < 1.29 is 14.7 Å². The molecule has 4 heteroatoms. The third kappa shape index (κ3) is 0.972. The normalized spacial score (nSPS) is 26.1. The van der Waals surface area contributed by atoms with E-state index in [4.69, 9.17) is 5.11 Å². The van der Waals surface area contributed by atoms with Crippen LogP contribution in [0.15, 0.2) is 12.3 Å². The number of ketones is 1. The SMILES string of the molecule is O=C1C=CNC(=O)C1O. The molecule has 9 heavy (non-hydrogen) atoms. The molecule has 0 fully saturated rings. The second-order valence-electron chi connectivity index (χ2n) is 1.65. The lowest BCUT2D eigenvalue weighted by Gasteiger charge is -2.08. The molecule has 0 aromatic rings. The molecule has 1 aliphatic heterocycles. The predicted molar refractivity (Wildman–Crippen MR) is 28.3 cm³/mol. The smallest absolute Gasteiger partial charge is 0.260 e. The molecule has 1 atom stereocenters. The Morgan fingerprint density at radius 2 is 2.22 bits per heavy atom. The lowest BCUT2D eigenvalue weighted by molar-refractivity contribution is -0.137. The molecule has 0 aromatic heterocycles. The van der Waals surface area contributed by atoms with Crippen molar-refractivity contribution in [3.63, 3.8) is 0 Å². The molecule has 0 saturated carbocycles. The van der Waals surface area contributed by atoms with E-state index < -0.39 is 17.8 Å². The number of carbonyl (C=O) groups excluding carboxylic acids is 2. The van der Waals surface area contributed by atoms with E-state index in [-0.39, 0.29) is 0 Å². The zero-order valence-corrected chi connectivity index (χ0v) is 4.50. The first kappa shape index (κ1) is 5.97. The first-order chi connectivity index (χ1) is 4.22. The van der Waals surface area contributed by atoms with Crippen LogP contribution < -0.4 is 5.32 Å². The number of aliphatic hydroxyl groups is 1. The number of hydrogen-bond donors (Lipinski definition) is 2. The van der Waals surface area contributed by atoms with Crippen LogP contribution in [0.2, 0.25) is 0 Å². The molecule has 0 radical (unpaired) electrons. The van der Waals surface area contributed by atoms with Crippen molar-refractivity contribution in [3.05, 3.63) is 12.3 Å². The van der Waals surface area contributed by atoms with Gasteiger partial charge >= 0.3 is 0 Å². The molecule has 0 aromatic carbocycles. The van der Waals surface area contributed by atoms with Crippen LogP contribution in [0.5, 0.6) is 0 Å². The number of aliphatic hydroxyl groups excluding tert-OH is 1. The molecule has 0 spiro atoms. The van der Waals surface area contributed by atoms with Gasteiger partial charge in [-0.15, -0.1) is 0 Å². The van der Waals surface area contributed by atoms with Crippen molar-refractivity contribution in [1.82, 2.24) is 5.32 Å². The molecular formula is C5H5NO3. The van der Waals surface area contributed by atoms with Gasteiger partial charge in [0.2, 0.25) is 0 Å². The summed E-state index contributed by atoms with van der Waals surface area (Å²) < 4.78 is 0. The summed E-state index contributed by atoms with van der Waals surface area (Å²) in [4.78, 5) is 20.8. The molecule has 0 saturated heterocycles. The van der Waals surface area contributed by atoms with Crippen molar-refractivity contribution in [2.45, 2.75) is 6.10 Å². The molecule has 1 unspecified atom stereocenters. The molecule has 0 bridgehead atoms. The lowest BCUT2D eigenvalue weighted by Crippen LogP contribution is -2.40. The molecule has 0 aliphatic carbocycles. The van der Waals surface area contributed by atoms with Gasteiger partial charge in [0.1, 0.15) is 0 Å². The van der Waals surface area contributed by atoms with Crippen molar-refractivity contribution >= 4 is 11.7 Å². The van der Waals surface area contributed by atoms with Gasteiger partial charge < -0.3 is 10.4 Å². The Bertz CT molecular complexity index is 185. The molecular weight excluding hydrogens is 122 g/mol. The largest absolute Gasteiger partial charge is 0.376 e. The summed E-state index contributed by atoms with van der Waals surface area (Å²) in [5.41, 5.74) is 0. The highest BCUT2D eigenvalue weighted by Crippen LogP contribution is 1.92. The van der Waals surface area contributed by atoms with Crippen LogP contribution in [0.4, 0.5) is 0 Å². The van der Waals surface area contributed by atoms with Crippen LogP contribution >= 0.6 is 0 Å². The lowest BCUT2D eigenvalue weighted by atomic mass is 10.2. The minimum Gasteiger partial charge on any atom is -0.376 e. The summed E-state index contributed by atoms with van der Waals surface area (Å²) in [7, 11) is 0. The van der Waals surface area contributed by atoms with Gasteiger partial charge in [0.05, 0.1) is 0 Å². The molecule has 1 amide bonds. The van der Waals surface area contributed by atoms with E-state index in [1.807, 2.05) is 0 Å². The Morgan fingerprint density at radius 1 is 1.56 bits per heavy atom. The van der Waals surface area contributed by atoms with E-state index in [0.717, 1.165) is 6.08 Å². The summed E-state index contributed by atoms with van der Waals surface area (Å²) in [6, 6.07) is 0. The van der Waals surface area contributed by atoms with Gasteiger partial charge in [0.15, 0.2) is 11.9 Å². The van der Waals surface area contributed by atoms with Crippen LogP contribution in [0.25, 0.3) is 0 Å². The maximum Gasteiger partial charge on any atom is 0.260 e. The van der Waals surface area contributed by atoms with E-state index in [9.17, 15) is 9.59 Å². The number of nitrogens with one attached hydrogen (secondary N) is 1. The Hall–Kier alpha value is -1.16. The summed E-state index contributed by atoms with van der Waals surface area (Å²) in [6.07, 6.45) is 0.818. The molecule has 1 heterocycles. The first-order valence-corrected chi connectivity index (χ1v) is 2.40. The second-order valence-corrected chi connectivity index (χ2v) is 1.65. The van der Waals surface area contributed by atoms with Crippen LogP contribution in [0.1, 0.15) is 0 Å². The molecule has 48 valence electrons. The number of hydrogen-bond acceptors (Lipinski definition) is 3. The van der Waals surface area contributed by atoms with Crippen molar-refractivity contribution in [2.24, 2.45) is 0 Å². The van der Waals surface area contributed by atoms with Crippen LogP contribution in [-0.2, 0) is 9.59 Å². The second kappa shape index (κ2) is 1.99. The topological polar surface area (TPSA) is 66.4 Å². The summed E-state index contributed by atoms with van der Waals surface area (Å²) >= 11 is 0. The quantitative estimate of drug-likeness (QED) is 0.391. The van der Waals surface area contributed by atoms with Gasteiger partial charge in [-0.25, -0.2) is 0 Å². The summed E-state index contributed by atoms with van der Waals surface area (Å²) in [6.45, 7) is 0. The zero-order valence-electron chi connectivity index (χ0n) is 4.50. The Kier molecular flexibility index (Phi) is 1.32. The van der Waals surface area contributed by atoms with Crippen molar-refractivity contribution in [1.29, 1.82) is 0 Å². The van der Waals surface area contributed by atoms with Crippen molar-refractivity contribution in [2.75, 3.05) is 0 Å². The Balaban J connectivity index is 2.81. The average Bonchev–Trinajstić information content (AvgIpc) is 1.83. The standard InChI is InChI=1S/C5H5NO3/c7-3-1-2-6-5(9)4(3)8/h1-2,4,8H,(H,6,9). The van der Waals surface area contributed by atoms with Gasteiger partial charge in [-0.1, -0.05) is 0 Å². The van der Waals surface area contributed by atoms with Crippen LogP contribution in [0.3, 0.4) is 0 Å². The number of carbonyl (C=O) groups is 2. The van der Waals surface area contributed by atoms with Gasteiger partial charge in [-0.05, 0) is 0 Å². The van der Waals surface area contributed by atoms with Gasteiger partial charge in [0.25, 0.3) is 5.91 Å². The number of rotatable bonds is 0. The molecule has 1 rings (SSSR count). The fraction of sp³-hybridized carbons (Fsp3) is 0.200. The van der Waals surface area contributed by atoms with Crippen LogP contribution in [-0.4, -0.2) is 22.9 Å². The minimum atomic E-state index is -1.50. The summed E-state index contributed by atoms with van der Waals surface area (Å²) in [5, 5.41) is 10.8. The third-order valence-electron chi connectivity index (χ3n) is 0.991. The van der Waals surface area contributed by atoms with Gasteiger partial charge in [-0.2, -0.15) is 0 Å². The third-order valence-corrected chi connectivity index (χ3v) is 0.991. The monoisotopic (exact) mass is 127 g/mol. The van der Waals surface area contributed by atoms with E-state index in [0.29, 0.717) is 0 Å². The van der Waals surface area contributed by atoms with E-state index in [1.165, 1.54) is 6.20 Å². The number of amides is 1. The van der Waals surface area contributed by atoms with E-state index in [1.54, 1.807) is 0 Å². The fourth-order valence-corrected chi connectivity index (χ4v) is 0.505. The highest BCUT2D eigenvalue weighted by molar-refractivity contribution is 6.11. The molecule has 4 nitrogen and oxygen atoms in total. The van der Waals surface area contributed by atoms with Gasteiger partial charge in [0, 0.05) is 12.3 Å². The van der Waals surface area contributed by atoms with Crippen LogP contribution in [0, 0.1) is 0 Å². The van der Waals surface area contributed by atoms with Crippen molar-refractivity contribution in [3.8, 4) is 0 Å².